The molecule has 0 spiro atoms. The van der Waals surface area contributed by atoms with Gasteiger partial charge in [0.25, 0.3) is 0 Å². The fourth-order valence-corrected chi connectivity index (χ4v) is 1.66. The van der Waals surface area contributed by atoms with Gasteiger partial charge in [-0.25, -0.2) is 13.6 Å². The third-order valence-corrected chi connectivity index (χ3v) is 2.53. The van der Waals surface area contributed by atoms with E-state index in [9.17, 15) is 26.7 Å². The molecule has 110 valence electrons. The normalized spacial score (nSPS) is 11.3. The Hall–Kier alpha value is -2.44. The molecule has 0 aromatic heterocycles. The van der Waals surface area contributed by atoms with E-state index in [4.69, 9.17) is 0 Å². The lowest BCUT2D eigenvalue weighted by Crippen LogP contribution is -2.19. The van der Waals surface area contributed by atoms with Gasteiger partial charge < -0.3 is 4.74 Å². The summed E-state index contributed by atoms with van der Waals surface area (Å²) in [5.74, 6) is -3.99. The lowest BCUT2D eigenvalue weighted by atomic mass is 10.1. The first-order chi connectivity index (χ1) is 9.79. The number of benzene rings is 2. The van der Waals surface area contributed by atoms with Crippen molar-refractivity contribution in [3.63, 3.8) is 0 Å². The Morgan fingerprint density at radius 3 is 2.29 bits per heavy atom. The quantitative estimate of drug-likeness (QED) is 0.472. The molecule has 0 atom stereocenters. The molecule has 7 heteroatoms. The van der Waals surface area contributed by atoms with Gasteiger partial charge in [-0.1, -0.05) is 12.1 Å². The summed E-state index contributed by atoms with van der Waals surface area (Å²) < 4.78 is 69.3. The Kier molecular flexibility index (Phi) is 3.93. The summed E-state index contributed by atoms with van der Waals surface area (Å²) in [7, 11) is 0. The summed E-state index contributed by atoms with van der Waals surface area (Å²) >= 11 is 0. The maximum absolute atomic E-state index is 13.5. The minimum Gasteiger partial charge on any atom is -0.423 e. The second-order valence-electron chi connectivity index (χ2n) is 4.01. The Balaban J connectivity index is 2.40. The van der Waals surface area contributed by atoms with Crippen LogP contribution in [0.1, 0.15) is 15.9 Å². The van der Waals surface area contributed by atoms with Gasteiger partial charge in [-0.2, -0.15) is 13.2 Å². The molecule has 0 aliphatic heterocycles. The number of carbonyl (C=O) groups excluding carboxylic acids is 1. The van der Waals surface area contributed by atoms with Crippen LogP contribution in [-0.4, -0.2) is 5.97 Å². The minimum atomic E-state index is -4.92. The molecule has 0 unspecified atom stereocenters. The number of alkyl halides is 3. The van der Waals surface area contributed by atoms with Crippen molar-refractivity contribution in [1.82, 2.24) is 0 Å². The van der Waals surface area contributed by atoms with Crippen LogP contribution in [0.15, 0.2) is 42.5 Å². The van der Waals surface area contributed by atoms with E-state index in [0.29, 0.717) is 12.1 Å². The number of ether oxygens (including phenoxy) is 1. The third kappa shape index (κ3) is 3.36. The fraction of sp³-hybridized carbons (Fsp3) is 0.0714. The number of rotatable bonds is 2. The molecule has 2 aromatic carbocycles. The van der Waals surface area contributed by atoms with E-state index < -0.39 is 34.9 Å². The molecule has 0 amide bonds. The van der Waals surface area contributed by atoms with Gasteiger partial charge in [0, 0.05) is 6.07 Å². The zero-order chi connectivity index (χ0) is 15.6. The number of hydrogen-bond donors (Lipinski definition) is 0. The van der Waals surface area contributed by atoms with Crippen molar-refractivity contribution in [3.05, 3.63) is 65.2 Å². The zero-order valence-corrected chi connectivity index (χ0v) is 10.2. The molecule has 0 aliphatic rings. The first kappa shape index (κ1) is 15.0. The van der Waals surface area contributed by atoms with Crippen LogP contribution in [0.2, 0.25) is 0 Å². The van der Waals surface area contributed by atoms with Crippen LogP contribution in [0.25, 0.3) is 0 Å². The average molecular weight is 302 g/mol. The van der Waals surface area contributed by atoms with Gasteiger partial charge in [-0.3, -0.25) is 0 Å². The predicted octanol–water partition coefficient (Wildman–Crippen LogP) is 4.20. The van der Waals surface area contributed by atoms with Gasteiger partial charge >= 0.3 is 12.1 Å². The van der Waals surface area contributed by atoms with Crippen molar-refractivity contribution < 1.29 is 31.5 Å². The maximum atomic E-state index is 13.5. The molecule has 2 rings (SSSR count). The molecule has 0 saturated carbocycles. The lowest BCUT2D eigenvalue weighted by molar-refractivity contribution is -0.138. The standard InChI is InChI=1S/C14H7F5O2/c15-8-3-1-4-9(7-8)21-13(20)12-10(14(17,18)19)5-2-6-11(12)16/h1-7H. The van der Waals surface area contributed by atoms with Crippen LogP contribution in [0, 0.1) is 11.6 Å². The SMILES string of the molecule is O=C(Oc1cccc(F)c1)c1c(F)cccc1C(F)(F)F. The fourth-order valence-electron chi connectivity index (χ4n) is 1.66. The van der Waals surface area contributed by atoms with Crippen LogP contribution in [0.5, 0.6) is 5.75 Å². The molecule has 0 heterocycles. The lowest BCUT2D eigenvalue weighted by Gasteiger charge is -2.12. The molecule has 0 radical (unpaired) electrons. The molecule has 0 fully saturated rings. The largest absolute Gasteiger partial charge is 0.423 e. The van der Waals surface area contributed by atoms with Crippen molar-refractivity contribution in [2.24, 2.45) is 0 Å². The second-order valence-corrected chi connectivity index (χ2v) is 4.01. The van der Waals surface area contributed by atoms with E-state index in [1.165, 1.54) is 6.07 Å². The molecule has 0 aliphatic carbocycles. The Labute approximate surface area is 115 Å². The van der Waals surface area contributed by atoms with Crippen molar-refractivity contribution >= 4 is 5.97 Å². The maximum Gasteiger partial charge on any atom is 0.417 e. The highest BCUT2D eigenvalue weighted by molar-refractivity contribution is 5.93. The highest BCUT2D eigenvalue weighted by Gasteiger charge is 2.37. The summed E-state index contributed by atoms with van der Waals surface area (Å²) in [6, 6.07) is 6.31. The van der Waals surface area contributed by atoms with E-state index in [-0.39, 0.29) is 5.75 Å². The van der Waals surface area contributed by atoms with Crippen molar-refractivity contribution in [2.75, 3.05) is 0 Å². The monoisotopic (exact) mass is 302 g/mol. The molecule has 21 heavy (non-hydrogen) atoms. The highest BCUT2D eigenvalue weighted by atomic mass is 19.4. The zero-order valence-electron chi connectivity index (χ0n) is 10.2. The van der Waals surface area contributed by atoms with E-state index in [2.05, 4.69) is 4.74 Å². The molecule has 2 aromatic rings. The van der Waals surface area contributed by atoms with E-state index >= 15 is 0 Å². The van der Waals surface area contributed by atoms with Gasteiger partial charge in [0.1, 0.15) is 22.9 Å². The third-order valence-electron chi connectivity index (χ3n) is 2.53. The van der Waals surface area contributed by atoms with Crippen LogP contribution >= 0.6 is 0 Å². The minimum absolute atomic E-state index is 0.323. The van der Waals surface area contributed by atoms with Crippen molar-refractivity contribution in [1.29, 1.82) is 0 Å². The summed E-state index contributed by atoms with van der Waals surface area (Å²) in [5.41, 5.74) is -2.70. The van der Waals surface area contributed by atoms with E-state index in [0.717, 1.165) is 24.3 Å². The van der Waals surface area contributed by atoms with Gasteiger partial charge in [-0.15, -0.1) is 0 Å². The topological polar surface area (TPSA) is 26.3 Å². The summed E-state index contributed by atoms with van der Waals surface area (Å²) in [4.78, 5) is 11.7. The summed E-state index contributed by atoms with van der Waals surface area (Å²) in [6.07, 6.45) is -4.92. The van der Waals surface area contributed by atoms with Crippen LogP contribution in [0.4, 0.5) is 22.0 Å². The van der Waals surface area contributed by atoms with Crippen LogP contribution in [0.3, 0.4) is 0 Å². The molecule has 0 bridgehead atoms. The summed E-state index contributed by atoms with van der Waals surface area (Å²) in [5, 5.41) is 0. The number of halogens is 5. The number of hydrogen-bond acceptors (Lipinski definition) is 2. The van der Waals surface area contributed by atoms with Gasteiger partial charge in [0.05, 0.1) is 5.56 Å². The Morgan fingerprint density at radius 2 is 1.67 bits per heavy atom. The van der Waals surface area contributed by atoms with Crippen molar-refractivity contribution in [2.45, 2.75) is 6.18 Å². The molecule has 0 N–H and O–H groups in total. The molecular weight excluding hydrogens is 295 g/mol. The van der Waals surface area contributed by atoms with Gasteiger partial charge in [-0.05, 0) is 24.3 Å². The Bertz CT molecular complexity index is 679. The smallest absolute Gasteiger partial charge is 0.417 e. The molecule has 0 saturated heterocycles. The number of carbonyl (C=O) groups is 1. The van der Waals surface area contributed by atoms with Crippen LogP contribution in [-0.2, 0) is 6.18 Å². The first-order valence-electron chi connectivity index (χ1n) is 5.62. The van der Waals surface area contributed by atoms with Gasteiger partial charge in [0.15, 0.2) is 0 Å². The van der Waals surface area contributed by atoms with E-state index in [1.807, 2.05) is 0 Å². The van der Waals surface area contributed by atoms with E-state index in [1.54, 1.807) is 0 Å². The molecular formula is C14H7F5O2. The first-order valence-corrected chi connectivity index (χ1v) is 5.62. The Morgan fingerprint density at radius 1 is 1.00 bits per heavy atom. The number of esters is 1. The van der Waals surface area contributed by atoms with Crippen molar-refractivity contribution in [3.8, 4) is 5.75 Å². The van der Waals surface area contributed by atoms with Gasteiger partial charge in [0.2, 0.25) is 0 Å². The summed E-state index contributed by atoms with van der Waals surface area (Å²) in [6.45, 7) is 0. The molecule has 2 nitrogen and oxygen atoms in total. The highest BCUT2D eigenvalue weighted by Crippen LogP contribution is 2.33. The van der Waals surface area contributed by atoms with Crippen LogP contribution < -0.4 is 4.74 Å². The predicted molar refractivity (Wildman–Crippen MR) is 62.8 cm³/mol. The second kappa shape index (κ2) is 5.51. The average Bonchev–Trinajstić information content (AvgIpc) is 2.37.